The van der Waals surface area contributed by atoms with Crippen LogP contribution in [0.2, 0.25) is 0 Å². The van der Waals surface area contributed by atoms with Crippen LogP contribution in [0.25, 0.3) is 0 Å². The normalized spacial score (nSPS) is 12.5. The van der Waals surface area contributed by atoms with Gasteiger partial charge in [0.15, 0.2) is 6.10 Å². The van der Waals surface area contributed by atoms with Crippen molar-refractivity contribution in [1.29, 1.82) is 0 Å². The van der Waals surface area contributed by atoms with Crippen LogP contribution >= 0.6 is 0 Å². The molecule has 2 rings (SSSR count). The maximum Gasteiger partial charge on any atom is 0.333 e. The summed E-state index contributed by atoms with van der Waals surface area (Å²) in [6.07, 6.45) is 2.17. The van der Waals surface area contributed by atoms with Gasteiger partial charge in [-0.25, -0.2) is 4.79 Å². The third-order valence-corrected chi connectivity index (χ3v) is 4.09. The van der Waals surface area contributed by atoms with Crippen molar-refractivity contribution in [3.8, 4) is 5.75 Å². The lowest BCUT2D eigenvalue weighted by atomic mass is 10.1. The number of hydrogen-bond acceptors (Lipinski definition) is 6. The standard InChI is InChI=1S/C21H26N2O5/c1-4-15-8-11-18(22-13-15)19(23-26-3)14-28-17-9-6-16(7-10-17)12-20(21(24)25)27-5-2/h6-11,13,20H,4-5,12,14H2,1-3H3,(H,24,25)/b23-19+/t20-/m0/s1. The molecule has 1 heterocycles. The first-order chi connectivity index (χ1) is 13.6. The Morgan fingerprint density at radius 3 is 2.39 bits per heavy atom. The number of carboxylic acids is 1. The third-order valence-electron chi connectivity index (χ3n) is 4.09. The SMILES string of the molecule is CCO[C@@H](Cc1ccc(OC/C(=N\OC)c2ccc(CC)cn2)cc1)C(=O)O. The van der Waals surface area contributed by atoms with Gasteiger partial charge in [0, 0.05) is 19.2 Å². The molecule has 0 saturated heterocycles. The van der Waals surface area contributed by atoms with Crippen LogP contribution in [0.4, 0.5) is 0 Å². The summed E-state index contributed by atoms with van der Waals surface area (Å²) in [5.41, 5.74) is 3.27. The summed E-state index contributed by atoms with van der Waals surface area (Å²) < 4.78 is 11.0. The van der Waals surface area contributed by atoms with E-state index in [9.17, 15) is 9.90 Å². The largest absolute Gasteiger partial charge is 0.487 e. The number of aromatic nitrogens is 1. The van der Waals surface area contributed by atoms with Crippen LogP contribution in [0.15, 0.2) is 47.8 Å². The van der Waals surface area contributed by atoms with Crippen LogP contribution in [0, 0.1) is 0 Å². The maximum atomic E-state index is 11.2. The maximum absolute atomic E-state index is 11.2. The average Bonchev–Trinajstić information content (AvgIpc) is 2.72. The third kappa shape index (κ3) is 6.35. The zero-order chi connectivity index (χ0) is 20.4. The van der Waals surface area contributed by atoms with Gasteiger partial charge < -0.3 is 19.4 Å². The second-order valence-corrected chi connectivity index (χ2v) is 6.04. The van der Waals surface area contributed by atoms with Crippen LogP contribution in [0.3, 0.4) is 0 Å². The number of oxime groups is 1. The minimum Gasteiger partial charge on any atom is -0.487 e. The molecule has 150 valence electrons. The van der Waals surface area contributed by atoms with Gasteiger partial charge in [-0.1, -0.05) is 30.3 Å². The van der Waals surface area contributed by atoms with E-state index in [4.69, 9.17) is 14.3 Å². The Balaban J connectivity index is 1.99. The predicted octanol–water partition coefficient (Wildman–Crippen LogP) is 3.11. The summed E-state index contributed by atoms with van der Waals surface area (Å²) >= 11 is 0. The molecule has 7 heteroatoms. The Kier molecular flexibility index (Phi) is 8.42. The fraction of sp³-hybridized carbons (Fsp3) is 0.381. The van der Waals surface area contributed by atoms with Crippen LogP contribution in [-0.2, 0) is 27.2 Å². The fourth-order valence-corrected chi connectivity index (χ4v) is 2.57. The molecule has 1 aromatic carbocycles. The van der Waals surface area contributed by atoms with Crippen LogP contribution < -0.4 is 4.74 Å². The summed E-state index contributed by atoms with van der Waals surface area (Å²) in [7, 11) is 1.48. The first kappa shape index (κ1) is 21.4. The first-order valence-corrected chi connectivity index (χ1v) is 9.18. The molecule has 0 unspecified atom stereocenters. The minimum absolute atomic E-state index is 0.197. The highest BCUT2D eigenvalue weighted by Gasteiger charge is 2.18. The van der Waals surface area contributed by atoms with Crippen molar-refractivity contribution in [3.63, 3.8) is 0 Å². The number of aryl methyl sites for hydroxylation is 1. The molecule has 1 aromatic heterocycles. The van der Waals surface area contributed by atoms with E-state index in [1.54, 1.807) is 19.1 Å². The smallest absolute Gasteiger partial charge is 0.333 e. The van der Waals surface area contributed by atoms with Gasteiger partial charge in [0.1, 0.15) is 25.2 Å². The molecular weight excluding hydrogens is 360 g/mol. The Morgan fingerprint density at radius 1 is 1.14 bits per heavy atom. The molecule has 1 atom stereocenters. The number of rotatable bonds is 11. The highest BCUT2D eigenvalue weighted by molar-refractivity contribution is 5.99. The van der Waals surface area contributed by atoms with E-state index in [2.05, 4.69) is 17.1 Å². The lowest BCUT2D eigenvalue weighted by Crippen LogP contribution is -2.26. The highest BCUT2D eigenvalue weighted by Crippen LogP contribution is 2.15. The lowest BCUT2D eigenvalue weighted by Gasteiger charge is -2.13. The van der Waals surface area contributed by atoms with Crippen LogP contribution in [0.1, 0.15) is 30.7 Å². The van der Waals surface area contributed by atoms with E-state index < -0.39 is 12.1 Å². The van der Waals surface area contributed by atoms with E-state index in [1.807, 2.05) is 30.5 Å². The van der Waals surface area contributed by atoms with Gasteiger partial charge in [-0.15, -0.1) is 0 Å². The van der Waals surface area contributed by atoms with E-state index in [0.717, 1.165) is 17.5 Å². The van der Waals surface area contributed by atoms with Gasteiger partial charge in [0.05, 0.1) is 5.69 Å². The van der Waals surface area contributed by atoms with Gasteiger partial charge in [-0.3, -0.25) is 4.98 Å². The van der Waals surface area contributed by atoms with Crippen molar-refractivity contribution in [2.75, 3.05) is 20.3 Å². The Labute approximate surface area is 165 Å². The average molecular weight is 386 g/mol. The summed E-state index contributed by atoms with van der Waals surface area (Å²) in [5.74, 6) is -0.329. The Bertz CT molecular complexity index is 772. The highest BCUT2D eigenvalue weighted by atomic mass is 16.6. The first-order valence-electron chi connectivity index (χ1n) is 9.18. The Hall–Kier alpha value is -2.93. The summed E-state index contributed by atoms with van der Waals surface area (Å²) in [5, 5.41) is 13.2. The molecular formula is C21H26N2O5. The zero-order valence-electron chi connectivity index (χ0n) is 16.4. The van der Waals surface area contributed by atoms with Crippen molar-refractivity contribution >= 4 is 11.7 Å². The van der Waals surface area contributed by atoms with Gasteiger partial charge >= 0.3 is 5.97 Å². The molecule has 0 aliphatic heterocycles. The van der Waals surface area contributed by atoms with Crippen LogP contribution in [-0.4, -0.2) is 48.2 Å². The molecule has 0 saturated carbocycles. The van der Waals surface area contributed by atoms with Gasteiger partial charge in [-0.05, 0) is 42.7 Å². The quantitative estimate of drug-likeness (QED) is 0.471. The topological polar surface area (TPSA) is 90.2 Å². The molecule has 0 amide bonds. The predicted molar refractivity (Wildman–Crippen MR) is 106 cm³/mol. The molecule has 2 aromatic rings. The molecule has 1 N–H and O–H groups in total. The van der Waals surface area contributed by atoms with Gasteiger partial charge in [-0.2, -0.15) is 0 Å². The number of aliphatic carboxylic acids is 1. The number of pyridine rings is 1. The van der Waals surface area contributed by atoms with Crippen molar-refractivity contribution < 1.29 is 24.2 Å². The van der Waals surface area contributed by atoms with E-state index in [-0.39, 0.29) is 6.61 Å². The Morgan fingerprint density at radius 2 is 1.86 bits per heavy atom. The number of ether oxygens (including phenoxy) is 2. The number of nitrogens with zero attached hydrogens (tertiary/aromatic N) is 2. The molecule has 0 radical (unpaired) electrons. The van der Waals surface area contributed by atoms with Gasteiger partial charge in [0.25, 0.3) is 0 Å². The summed E-state index contributed by atoms with van der Waals surface area (Å²) in [6, 6.07) is 11.1. The fourth-order valence-electron chi connectivity index (χ4n) is 2.57. The second-order valence-electron chi connectivity index (χ2n) is 6.04. The number of carboxylic acid groups (broad SMARTS) is 1. The van der Waals surface area contributed by atoms with E-state index in [1.165, 1.54) is 7.11 Å². The van der Waals surface area contributed by atoms with Crippen molar-refractivity contribution in [2.45, 2.75) is 32.8 Å². The number of carbonyl (C=O) groups is 1. The summed E-state index contributed by atoms with van der Waals surface area (Å²) in [6.45, 7) is 4.40. The molecule has 0 aliphatic rings. The van der Waals surface area contributed by atoms with E-state index >= 15 is 0 Å². The monoisotopic (exact) mass is 386 g/mol. The van der Waals surface area contributed by atoms with Crippen molar-refractivity contribution in [1.82, 2.24) is 4.98 Å². The molecule has 0 aliphatic carbocycles. The molecule has 28 heavy (non-hydrogen) atoms. The van der Waals surface area contributed by atoms with Crippen molar-refractivity contribution in [3.05, 3.63) is 59.4 Å². The summed E-state index contributed by atoms with van der Waals surface area (Å²) in [4.78, 5) is 20.5. The number of hydrogen-bond donors (Lipinski definition) is 1. The second kappa shape index (κ2) is 11.0. The van der Waals surface area contributed by atoms with Crippen LogP contribution in [0.5, 0.6) is 5.75 Å². The van der Waals surface area contributed by atoms with Crippen molar-refractivity contribution in [2.24, 2.45) is 5.16 Å². The number of benzene rings is 1. The molecule has 0 fully saturated rings. The molecule has 7 nitrogen and oxygen atoms in total. The van der Waals surface area contributed by atoms with E-state index in [0.29, 0.717) is 30.2 Å². The zero-order valence-corrected chi connectivity index (χ0v) is 16.4. The van der Waals surface area contributed by atoms with Gasteiger partial charge in [0.2, 0.25) is 0 Å². The molecule has 0 spiro atoms. The minimum atomic E-state index is -0.968. The lowest BCUT2D eigenvalue weighted by molar-refractivity contribution is -0.149. The molecule has 0 bridgehead atoms.